The second-order valence-electron chi connectivity index (χ2n) is 4.07. The molecule has 0 saturated carbocycles. The number of rotatable bonds is 4. The van der Waals surface area contributed by atoms with Gasteiger partial charge in [0.2, 0.25) is 5.91 Å². The molecular formula is C10H20N2O2. The van der Waals surface area contributed by atoms with Gasteiger partial charge >= 0.3 is 0 Å². The highest BCUT2D eigenvalue weighted by Gasteiger charge is 2.28. The van der Waals surface area contributed by atoms with Crippen molar-refractivity contribution < 1.29 is 9.53 Å². The molecule has 1 heterocycles. The first-order chi connectivity index (χ1) is 6.66. The molecule has 1 amide bonds. The Balaban J connectivity index is 2.29. The van der Waals surface area contributed by atoms with E-state index in [1.165, 1.54) is 0 Å². The molecule has 2 N–H and O–H groups in total. The van der Waals surface area contributed by atoms with E-state index in [-0.39, 0.29) is 11.4 Å². The molecule has 1 rings (SSSR count). The minimum atomic E-state index is -0.0525. The Morgan fingerprint density at radius 2 is 2.07 bits per heavy atom. The summed E-state index contributed by atoms with van der Waals surface area (Å²) in [6, 6.07) is 0. The third-order valence-electron chi connectivity index (χ3n) is 2.64. The lowest BCUT2D eigenvalue weighted by Crippen LogP contribution is -2.49. The number of ether oxygens (including phenoxy) is 1. The van der Waals surface area contributed by atoms with Crippen molar-refractivity contribution in [3.05, 3.63) is 0 Å². The second-order valence-corrected chi connectivity index (χ2v) is 4.07. The molecule has 82 valence electrons. The minimum Gasteiger partial charge on any atom is -0.381 e. The highest BCUT2D eigenvalue weighted by Crippen LogP contribution is 2.19. The van der Waals surface area contributed by atoms with Gasteiger partial charge < -0.3 is 15.4 Å². The molecule has 4 nitrogen and oxygen atoms in total. The minimum absolute atomic E-state index is 0.0525. The molecule has 1 saturated heterocycles. The van der Waals surface area contributed by atoms with Crippen LogP contribution in [0.15, 0.2) is 0 Å². The SMILES string of the molecule is CNCCC(=O)NC1(C)CCOCC1. The maximum Gasteiger partial charge on any atom is 0.221 e. The van der Waals surface area contributed by atoms with Crippen molar-refractivity contribution in [3.8, 4) is 0 Å². The molecule has 0 aromatic carbocycles. The van der Waals surface area contributed by atoms with Gasteiger partial charge in [-0.3, -0.25) is 4.79 Å². The first kappa shape index (κ1) is 11.5. The predicted molar refractivity (Wildman–Crippen MR) is 55.1 cm³/mol. The molecule has 1 aliphatic heterocycles. The summed E-state index contributed by atoms with van der Waals surface area (Å²) >= 11 is 0. The van der Waals surface area contributed by atoms with Crippen LogP contribution in [0, 0.1) is 0 Å². The third-order valence-corrected chi connectivity index (χ3v) is 2.64. The van der Waals surface area contributed by atoms with Gasteiger partial charge in [0.05, 0.1) is 0 Å². The van der Waals surface area contributed by atoms with E-state index in [0.717, 1.165) is 32.6 Å². The van der Waals surface area contributed by atoms with Crippen molar-refractivity contribution in [2.45, 2.75) is 31.7 Å². The fourth-order valence-corrected chi connectivity index (χ4v) is 1.58. The zero-order valence-corrected chi connectivity index (χ0v) is 9.06. The summed E-state index contributed by atoms with van der Waals surface area (Å²) in [5.74, 6) is 0.128. The molecule has 14 heavy (non-hydrogen) atoms. The summed E-state index contributed by atoms with van der Waals surface area (Å²) in [6.45, 7) is 4.33. The molecule has 0 radical (unpaired) electrons. The summed E-state index contributed by atoms with van der Waals surface area (Å²) in [4.78, 5) is 11.5. The maximum absolute atomic E-state index is 11.5. The van der Waals surface area contributed by atoms with Crippen LogP contribution in [0.4, 0.5) is 0 Å². The number of nitrogens with one attached hydrogen (secondary N) is 2. The van der Waals surface area contributed by atoms with Gasteiger partial charge in [0.15, 0.2) is 0 Å². The van der Waals surface area contributed by atoms with Gasteiger partial charge in [0.25, 0.3) is 0 Å². The van der Waals surface area contributed by atoms with Crippen LogP contribution in [0.25, 0.3) is 0 Å². The highest BCUT2D eigenvalue weighted by atomic mass is 16.5. The third kappa shape index (κ3) is 3.64. The Hall–Kier alpha value is -0.610. The van der Waals surface area contributed by atoms with Gasteiger partial charge in [-0.25, -0.2) is 0 Å². The molecular weight excluding hydrogens is 180 g/mol. The number of amides is 1. The Morgan fingerprint density at radius 3 is 2.64 bits per heavy atom. The van der Waals surface area contributed by atoms with Gasteiger partial charge in [-0.15, -0.1) is 0 Å². The normalized spacial score (nSPS) is 20.4. The lowest BCUT2D eigenvalue weighted by Gasteiger charge is -2.34. The molecule has 0 bridgehead atoms. The zero-order valence-electron chi connectivity index (χ0n) is 9.06. The number of hydrogen-bond acceptors (Lipinski definition) is 3. The Kier molecular flexibility index (Phi) is 4.35. The Labute approximate surface area is 85.4 Å². The van der Waals surface area contributed by atoms with Crippen LogP contribution in [-0.2, 0) is 9.53 Å². The van der Waals surface area contributed by atoms with Gasteiger partial charge in [-0.05, 0) is 26.8 Å². The van der Waals surface area contributed by atoms with Crippen LogP contribution in [0.5, 0.6) is 0 Å². The van der Waals surface area contributed by atoms with E-state index < -0.39 is 0 Å². The zero-order chi connectivity index (χ0) is 10.4. The summed E-state index contributed by atoms with van der Waals surface area (Å²) in [7, 11) is 1.85. The number of hydrogen-bond donors (Lipinski definition) is 2. The van der Waals surface area contributed by atoms with E-state index in [1.807, 2.05) is 7.05 Å². The average Bonchev–Trinajstić information content (AvgIpc) is 2.15. The van der Waals surface area contributed by atoms with Gasteiger partial charge in [0, 0.05) is 31.7 Å². The van der Waals surface area contributed by atoms with E-state index in [2.05, 4.69) is 17.6 Å². The van der Waals surface area contributed by atoms with E-state index in [0.29, 0.717) is 6.42 Å². The van der Waals surface area contributed by atoms with Crippen LogP contribution in [0.2, 0.25) is 0 Å². The number of carbonyl (C=O) groups excluding carboxylic acids is 1. The molecule has 0 aromatic heterocycles. The Bertz CT molecular complexity index is 189. The molecule has 0 unspecified atom stereocenters. The summed E-state index contributed by atoms with van der Waals surface area (Å²) in [5.41, 5.74) is -0.0525. The summed E-state index contributed by atoms with van der Waals surface area (Å²) in [6.07, 6.45) is 2.38. The van der Waals surface area contributed by atoms with Gasteiger partial charge in [-0.1, -0.05) is 0 Å². The van der Waals surface area contributed by atoms with E-state index in [1.54, 1.807) is 0 Å². The van der Waals surface area contributed by atoms with Crippen LogP contribution in [0.3, 0.4) is 0 Å². The number of carbonyl (C=O) groups is 1. The molecule has 0 atom stereocenters. The first-order valence-electron chi connectivity index (χ1n) is 5.20. The lowest BCUT2D eigenvalue weighted by molar-refractivity contribution is -0.123. The first-order valence-corrected chi connectivity index (χ1v) is 5.20. The van der Waals surface area contributed by atoms with E-state index in [4.69, 9.17) is 4.74 Å². The summed E-state index contributed by atoms with van der Waals surface area (Å²) in [5, 5.41) is 6.03. The van der Waals surface area contributed by atoms with Crippen molar-refractivity contribution in [3.63, 3.8) is 0 Å². The summed E-state index contributed by atoms with van der Waals surface area (Å²) < 4.78 is 5.26. The molecule has 0 aliphatic carbocycles. The maximum atomic E-state index is 11.5. The van der Waals surface area contributed by atoms with E-state index >= 15 is 0 Å². The standard InChI is InChI=1S/C10H20N2O2/c1-10(4-7-14-8-5-10)12-9(13)3-6-11-2/h11H,3-8H2,1-2H3,(H,12,13). The quantitative estimate of drug-likeness (QED) is 0.685. The van der Waals surface area contributed by atoms with Crippen molar-refractivity contribution >= 4 is 5.91 Å². The molecule has 0 aromatic rings. The average molecular weight is 200 g/mol. The Morgan fingerprint density at radius 1 is 1.43 bits per heavy atom. The van der Waals surface area contributed by atoms with Crippen LogP contribution >= 0.6 is 0 Å². The molecule has 4 heteroatoms. The monoisotopic (exact) mass is 200 g/mol. The predicted octanol–water partition coefficient (Wildman–Crippen LogP) is 0.281. The topological polar surface area (TPSA) is 50.4 Å². The highest BCUT2D eigenvalue weighted by molar-refractivity contribution is 5.76. The molecule has 1 aliphatic rings. The van der Waals surface area contributed by atoms with Crippen molar-refractivity contribution in [1.82, 2.24) is 10.6 Å². The van der Waals surface area contributed by atoms with E-state index in [9.17, 15) is 4.79 Å². The molecule has 1 fully saturated rings. The largest absolute Gasteiger partial charge is 0.381 e. The smallest absolute Gasteiger partial charge is 0.221 e. The fourth-order valence-electron chi connectivity index (χ4n) is 1.58. The van der Waals surface area contributed by atoms with Crippen molar-refractivity contribution in [2.24, 2.45) is 0 Å². The fraction of sp³-hybridized carbons (Fsp3) is 0.900. The second kappa shape index (κ2) is 5.32. The van der Waals surface area contributed by atoms with Gasteiger partial charge in [0.1, 0.15) is 0 Å². The van der Waals surface area contributed by atoms with Crippen molar-refractivity contribution in [2.75, 3.05) is 26.8 Å². The van der Waals surface area contributed by atoms with Crippen molar-refractivity contribution in [1.29, 1.82) is 0 Å². The lowest BCUT2D eigenvalue weighted by atomic mass is 9.92. The molecule has 0 spiro atoms. The van der Waals surface area contributed by atoms with Crippen LogP contribution < -0.4 is 10.6 Å². The van der Waals surface area contributed by atoms with Crippen LogP contribution in [0.1, 0.15) is 26.2 Å². The van der Waals surface area contributed by atoms with Gasteiger partial charge in [-0.2, -0.15) is 0 Å². The van der Waals surface area contributed by atoms with Crippen LogP contribution in [-0.4, -0.2) is 38.3 Å².